The Morgan fingerprint density at radius 3 is 2.54 bits per heavy atom. The Labute approximate surface area is 81.0 Å². The van der Waals surface area contributed by atoms with Crippen molar-refractivity contribution in [3.05, 3.63) is 35.9 Å². The first-order valence-electron chi connectivity index (χ1n) is 5.45. The van der Waals surface area contributed by atoms with Crippen LogP contribution in [0.4, 0.5) is 0 Å². The van der Waals surface area contributed by atoms with Crippen LogP contribution in [-0.2, 0) is 0 Å². The molecule has 2 rings (SSSR count). The maximum Gasteiger partial charge on any atom is -0.0159 e. The maximum atomic E-state index is 2.32. The van der Waals surface area contributed by atoms with Crippen molar-refractivity contribution in [3.63, 3.8) is 0 Å². The van der Waals surface area contributed by atoms with E-state index < -0.39 is 0 Å². The van der Waals surface area contributed by atoms with Gasteiger partial charge in [0.25, 0.3) is 0 Å². The molecule has 0 amide bonds. The van der Waals surface area contributed by atoms with E-state index in [1.54, 1.807) is 5.56 Å². The average molecular weight is 174 g/mol. The number of hydrogen-bond donors (Lipinski definition) is 0. The molecule has 0 nitrogen and oxygen atoms in total. The summed E-state index contributed by atoms with van der Waals surface area (Å²) in [6, 6.07) is 11.0. The van der Waals surface area contributed by atoms with Gasteiger partial charge in [-0.1, -0.05) is 43.7 Å². The molecule has 0 aliphatic heterocycles. The van der Waals surface area contributed by atoms with Crippen molar-refractivity contribution >= 4 is 0 Å². The second kappa shape index (κ2) is 3.95. The molecular formula is C13H18. The Hall–Kier alpha value is -0.780. The van der Waals surface area contributed by atoms with E-state index >= 15 is 0 Å². The van der Waals surface area contributed by atoms with Gasteiger partial charge in [-0.2, -0.15) is 0 Å². The van der Waals surface area contributed by atoms with Gasteiger partial charge in [0.05, 0.1) is 0 Å². The fraction of sp³-hybridized carbons (Fsp3) is 0.538. The first kappa shape index (κ1) is 8.80. The third kappa shape index (κ3) is 1.93. The molecule has 1 aromatic carbocycles. The van der Waals surface area contributed by atoms with Crippen molar-refractivity contribution in [1.29, 1.82) is 0 Å². The lowest BCUT2D eigenvalue weighted by atomic mass is 9.96. The second-order valence-corrected chi connectivity index (χ2v) is 4.19. The van der Waals surface area contributed by atoms with Gasteiger partial charge in [0.2, 0.25) is 0 Å². The van der Waals surface area contributed by atoms with Crippen LogP contribution < -0.4 is 0 Å². The van der Waals surface area contributed by atoms with Gasteiger partial charge < -0.3 is 0 Å². The van der Waals surface area contributed by atoms with Crippen LogP contribution in [0.3, 0.4) is 0 Å². The summed E-state index contributed by atoms with van der Waals surface area (Å²) in [6.45, 7) is 2.32. The molecule has 0 radical (unpaired) electrons. The van der Waals surface area contributed by atoms with E-state index in [0.717, 1.165) is 11.8 Å². The van der Waals surface area contributed by atoms with Gasteiger partial charge in [-0.25, -0.2) is 0 Å². The van der Waals surface area contributed by atoms with Crippen LogP contribution in [-0.4, -0.2) is 0 Å². The summed E-state index contributed by atoms with van der Waals surface area (Å²) in [7, 11) is 0. The van der Waals surface area contributed by atoms with Gasteiger partial charge >= 0.3 is 0 Å². The SMILES string of the molecule is CC[C@H]1CC[C@H](c2ccccc2)C1. The maximum absolute atomic E-state index is 2.32. The molecule has 1 aliphatic carbocycles. The predicted octanol–water partition coefficient (Wildman–Crippen LogP) is 3.98. The highest BCUT2D eigenvalue weighted by Gasteiger charge is 2.23. The highest BCUT2D eigenvalue weighted by atomic mass is 14.3. The highest BCUT2D eigenvalue weighted by molar-refractivity contribution is 5.20. The molecule has 70 valence electrons. The lowest BCUT2D eigenvalue weighted by Crippen LogP contribution is -1.94. The molecule has 1 saturated carbocycles. The second-order valence-electron chi connectivity index (χ2n) is 4.19. The number of rotatable bonds is 2. The first-order valence-corrected chi connectivity index (χ1v) is 5.45. The smallest absolute Gasteiger partial charge is 0.0159 e. The number of benzene rings is 1. The molecule has 1 aromatic rings. The van der Waals surface area contributed by atoms with Crippen molar-refractivity contribution in [3.8, 4) is 0 Å². The van der Waals surface area contributed by atoms with Crippen molar-refractivity contribution < 1.29 is 0 Å². The van der Waals surface area contributed by atoms with Crippen LogP contribution in [0.1, 0.15) is 44.1 Å². The molecule has 13 heavy (non-hydrogen) atoms. The molecule has 0 N–H and O–H groups in total. The molecule has 1 aliphatic rings. The molecule has 0 bridgehead atoms. The van der Waals surface area contributed by atoms with E-state index in [1.165, 1.54) is 25.7 Å². The monoisotopic (exact) mass is 174 g/mol. The normalized spacial score (nSPS) is 27.8. The van der Waals surface area contributed by atoms with Crippen LogP contribution in [0.2, 0.25) is 0 Å². The molecule has 0 unspecified atom stereocenters. The summed E-state index contributed by atoms with van der Waals surface area (Å²) in [5, 5.41) is 0. The molecule has 0 saturated heterocycles. The molecule has 0 spiro atoms. The van der Waals surface area contributed by atoms with Gasteiger partial charge in [0, 0.05) is 0 Å². The fourth-order valence-electron chi connectivity index (χ4n) is 2.47. The summed E-state index contributed by atoms with van der Waals surface area (Å²) in [5.74, 6) is 1.84. The van der Waals surface area contributed by atoms with Gasteiger partial charge in [0.1, 0.15) is 0 Å². The van der Waals surface area contributed by atoms with E-state index in [2.05, 4.69) is 37.3 Å². The zero-order valence-corrected chi connectivity index (χ0v) is 8.37. The lowest BCUT2D eigenvalue weighted by molar-refractivity contribution is 0.521. The Morgan fingerprint density at radius 2 is 1.92 bits per heavy atom. The molecule has 1 fully saturated rings. The molecule has 2 atom stereocenters. The summed E-state index contributed by atoms with van der Waals surface area (Å²) in [4.78, 5) is 0. The van der Waals surface area contributed by atoms with Crippen molar-refractivity contribution in [2.24, 2.45) is 5.92 Å². The van der Waals surface area contributed by atoms with E-state index in [-0.39, 0.29) is 0 Å². The quantitative estimate of drug-likeness (QED) is 0.636. The largest absolute Gasteiger partial charge is 0.0651 e. The van der Waals surface area contributed by atoms with E-state index in [0.29, 0.717) is 0 Å². The Morgan fingerprint density at radius 1 is 1.15 bits per heavy atom. The molecular weight excluding hydrogens is 156 g/mol. The van der Waals surface area contributed by atoms with Gasteiger partial charge in [-0.15, -0.1) is 0 Å². The Bertz CT molecular complexity index is 250. The van der Waals surface area contributed by atoms with Crippen molar-refractivity contribution in [1.82, 2.24) is 0 Å². The van der Waals surface area contributed by atoms with Crippen molar-refractivity contribution in [2.75, 3.05) is 0 Å². The zero-order valence-electron chi connectivity index (χ0n) is 8.37. The number of hydrogen-bond acceptors (Lipinski definition) is 0. The van der Waals surface area contributed by atoms with E-state index in [1.807, 2.05) is 0 Å². The third-order valence-electron chi connectivity index (χ3n) is 3.39. The Balaban J connectivity index is 2.04. The zero-order chi connectivity index (χ0) is 9.10. The van der Waals surface area contributed by atoms with Gasteiger partial charge in [-0.05, 0) is 36.7 Å². The molecule has 0 heterocycles. The van der Waals surface area contributed by atoms with Crippen LogP contribution in [0.25, 0.3) is 0 Å². The fourth-order valence-corrected chi connectivity index (χ4v) is 2.47. The minimum absolute atomic E-state index is 0.853. The third-order valence-corrected chi connectivity index (χ3v) is 3.39. The Kier molecular flexibility index (Phi) is 2.68. The van der Waals surface area contributed by atoms with Gasteiger partial charge in [-0.3, -0.25) is 0 Å². The minimum atomic E-state index is 0.853. The summed E-state index contributed by atoms with van der Waals surface area (Å²) in [6.07, 6.45) is 5.63. The minimum Gasteiger partial charge on any atom is -0.0651 e. The topological polar surface area (TPSA) is 0 Å². The van der Waals surface area contributed by atoms with Gasteiger partial charge in [0.15, 0.2) is 0 Å². The highest BCUT2D eigenvalue weighted by Crippen LogP contribution is 2.39. The van der Waals surface area contributed by atoms with Crippen LogP contribution in [0, 0.1) is 5.92 Å². The van der Waals surface area contributed by atoms with Crippen LogP contribution in [0.5, 0.6) is 0 Å². The standard InChI is InChI=1S/C13H18/c1-2-11-8-9-13(10-11)12-6-4-3-5-7-12/h3-7,11,13H,2,8-10H2,1H3/t11-,13-/m0/s1. The van der Waals surface area contributed by atoms with E-state index in [9.17, 15) is 0 Å². The summed E-state index contributed by atoms with van der Waals surface area (Å²) >= 11 is 0. The molecule has 0 heteroatoms. The van der Waals surface area contributed by atoms with E-state index in [4.69, 9.17) is 0 Å². The summed E-state index contributed by atoms with van der Waals surface area (Å²) < 4.78 is 0. The van der Waals surface area contributed by atoms with Crippen LogP contribution in [0.15, 0.2) is 30.3 Å². The lowest BCUT2D eigenvalue weighted by Gasteiger charge is -2.09. The molecule has 0 aromatic heterocycles. The summed E-state index contributed by atoms with van der Waals surface area (Å²) in [5.41, 5.74) is 1.55. The predicted molar refractivity (Wildman–Crippen MR) is 56.8 cm³/mol. The first-order chi connectivity index (χ1) is 6.40. The average Bonchev–Trinajstić information content (AvgIpc) is 2.67. The van der Waals surface area contributed by atoms with Crippen molar-refractivity contribution in [2.45, 2.75) is 38.5 Å². The van der Waals surface area contributed by atoms with Crippen LogP contribution >= 0.6 is 0 Å².